The van der Waals surface area contributed by atoms with E-state index in [1.165, 1.54) is 5.56 Å². The van der Waals surface area contributed by atoms with Crippen LogP contribution in [0.2, 0.25) is 0 Å². The monoisotopic (exact) mass is 424 g/mol. The molecule has 5 rings (SSSR count). The van der Waals surface area contributed by atoms with E-state index in [4.69, 9.17) is 9.47 Å². The van der Waals surface area contributed by atoms with Crippen molar-refractivity contribution in [2.75, 3.05) is 19.5 Å². The molecule has 0 unspecified atom stereocenters. The molecule has 0 saturated heterocycles. The highest BCUT2D eigenvalue weighted by molar-refractivity contribution is 7.22. The summed E-state index contributed by atoms with van der Waals surface area (Å²) in [5, 5.41) is 14.3. The van der Waals surface area contributed by atoms with Crippen molar-refractivity contribution in [2.45, 2.75) is 38.0 Å². The lowest BCUT2D eigenvalue weighted by Gasteiger charge is -2.14. The number of methoxy groups -OCH3 is 2. The highest BCUT2D eigenvalue weighted by Crippen LogP contribution is 2.33. The van der Waals surface area contributed by atoms with Gasteiger partial charge in [-0.2, -0.15) is 0 Å². The maximum atomic E-state index is 10.1. The number of rotatable bonds is 6. The molecule has 0 bridgehead atoms. The molecule has 8 heteroatoms. The van der Waals surface area contributed by atoms with Crippen LogP contribution in [0.1, 0.15) is 24.8 Å². The zero-order valence-corrected chi connectivity index (χ0v) is 17.8. The average Bonchev–Trinajstić information content (AvgIpc) is 3.46. The SMILES string of the molecule is COc1cc2ncn(Cc3ccc4nc(N[C@@H]5CCC[C@@H]5O)sc4c3)c2cc1OC. The highest BCUT2D eigenvalue weighted by atomic mass is 32.1. The summed E-state index contributed by atoms with van der Waals surface area (Å²) in [6.45, 7) is 0.698. The van der Waals surface area contributed by atoms with Gasteiger partial charge < -0.3 is 24.5 Å². The molecule has 0 amide bonds. The Morgan fingerprint density at radius 1 is 1.13 bits per heavy atom. The van der Waals surface area contributed by atoms with Gasteiger partial charge in [0.25, 0.3) is 0 Å². The van der Waals surface area contributed by atoms with E-state index in [2.05, 4.69) is 38.1 Å². The molecule has 30 heavy (non-hydrogen) atoms. The van der Waals surface area contributed by atoms with E-state index < -0.39 is 0 Å². The lowest BCUT2D eigenvalue weighted by atomic mass is 10.2. The van der Waals surface area contributed by atoms with Crippen LogP contribution in [0.5, 0.6) is 11.5 Å². The van der Waals surface area contributed by atoms with Crippen LogP contribution in [0, 0.1) is 0 Å². The Morgan fingerprint density at radius 2 is 1.97 bits per heavy atom. The molecule has 156 valence electrons. The van der Waals surface area contributed by atoms with Crippen molar-refractivity contribution in [1.82, 2.24) is 14.5 Å². The van der Waals surface area contributed by atoms with E-state index >= 15 is 0 Å². The quantitative estimate of drug-likeness (QED) is 0.486. The Bertz CT molecular complexity index is 1200. The molecule has 1 saturated carbocycles. The first-order valence-electron chi connectivity index (χ1n) is 10.1. The number of hydrogen-bond acceptors (Lipinski definition) is 7. The van der Waals surface area contributed by atoms with Gasteiger partial charge in [-0.05, 0) is 37.0 Å². The Labute approximate surface area is 178 Å². The second-order valence-electron chi connectivity index (χ2n) is 7.64. The van der Waals surface area contributed by atoms with Gasteiger partial charge in [-0.25, -0.2) is 9.97 Å². The number of thiazole rings is 1. The molecule has 2 aromatic heterocycles. The zero-order valence-electron chi connectivity index (χ0n) is 17.0. The topological polar surface area (TPSA) is 81.4 Å². The van der Waals surface area contributed by atoms with Crippen molar-refractivity contribution < 1.29 is 14.6 Å². The van der Waals surface area contributed by atoms with Crippen LogP contribution in [0.4, 0.5) is 5.13 Å². The van der Waals surface area contributed by atoms with Gasteiger partial charge in [0.15, 0.2) is 16.6 Å². The zero-order chi connectivity index (χ0) is 20.7. The molecule has 0 spiro atoms. The van der Waals surface area contributed by atoms with Gasteiger partial charge in [0.2, 0.25) is 0 Å². The van der Waals surface area contributed by atoms with Gasteiger partial charge in [-0.1, -0.05) is 17.4 Å². The third-order valence-corrected chi connectivity index (χ3v) is 6.67. The third-order valence-electron chi connectivity index (χ3n) is 5.72. The molecule has 0 radical (unpaired) electrons. The molecule has 4 aromatic rings. The van der Waals surface area contributed by atoms with Gasteiger partial charge in [0.05, 0.1) is 53.9 Å². The lowest BCUT2D eigenvalue weighted by molar-refractivity contribution is 0.172. The van der Waals surface area contributed by atoms with Gasteiger partial charge in [0.1, 0.15) is 0 Å². The summed E-state index contributed by atoms with van der Waals surface area (Å²) in [4.78, 5) is 9.20. The first-order valence-corrected chi connectivity index (χ1v) is 10.9. The maximum Gasteiger partial charge on any atom is 0.184 e. The van der Waals surface area contributed by atoms with Crippen LogP contribution in [-0.2, 0) is 6.54 Å². The number of anilines is 1. The predicted octanol–water partition coefficient (Wildman–Crippen LogP) is 4.04. The standard InChI is InChI=1S/C22H24N4O3S/c1-28-19-9-16-17(10-20(19)29-2)26(12-23-16)11-13-6-7-15-21(8-13)30-22(25-15)24-14-4-3-5-18(14)27/h6-10,12,14,18,27H,3-5,11H2,1-2H3,(H,24,25)/t14-,18+/m1/s1. The smallest absolute Gasteiger partial charge is 0.184 e. The molecule has 2 N–H and O–H groups in total. The Morgan fingerprint density at radius 3 is 2.73 bits per heavy atom. The van der Waals surface area contributed by atoms with Gasteiger partial charge in [0, 0.05) is 18.7 Å². The Balaban J connectivity index is 1.41. The molecule has 1 aliphatic rings. The molecule has 2 atom stereocenters. The number of aromatic nitrogens is 3. The van der Waals surface area contributed by atoms with Crippen molar-refractivity contribution in [3.05, 3.63) is 42.2 Å². The third kappa shape index (κ3) is 3.46. The maximum absolute atomic E-state index is 10.1. The molecule has 0 aliphatic heterocycles. The van der Waals surface area contributed by atoms with E-state index in [1.807, 2.05) is 18.5 Å². The molecule has 2 aromatic carbocycles. The summed E-state index contributed by atoms with van der Waals surface area (Å²) in [5.74, 6) is 1.36. The van der Waals surface area contributed by atoms with E-state index in [1.54, 1.807) is 25.6 Å². The van der Waals surface area contributed by atoms with Crippen LogP contribution >= 0.6 is 11.3 Å². The fourth-order valence-corrected chi connectivity index (χ4v) is 5.10. The Hall–Kier alpha value is -2.84. The number of benzene rings is 2. The van der Waals surface area contributed by atoms with Gasteiger partial charge in [-0.3, -0.25) is 0 Å². The molecule has 1 fully saturated rings. The summed E-state index contributed by atoms with van der Waals surface area (Å²) in [5.41, 5.74) is 4.01. The number of imidazole rings is 1. The minimum absolute atomic E-state index is 0.106. The molecular formula is C22H24N4O3S. The lowest BCUT2D eigenvalue weighted by Crippen LogP contribution is -2.27. The van der Waals surface area contributed by atoms with Crippen LogP contribution in [0.3, 0.4) is 0 Å². The van der Waals surface area contributed by atoms with Crippen LogP contribution in [0.15, 0.2) is 36.7 Å². The highest BCUT2D eigenvalue weighted by Gasteiger charge is 2.25. The number of nitrogens with one attached hydrogen (secondary N) is 1. The van der Waals surface area contributed by atoms with Crippen LogP contribution in [0.25, 0.3) is 21.3 Å². The summed E-state index contributed by atoms with van der Waals surface area (Å²) in [6.07, 6.45) is 4.47. The van der Waals surface area contributed by atoms with E-state index in [0.717, 1.165) is 45.6 Å². The van der Waals surface area contributed by atoms with Crippen molar-refractivity contribution >= 4 is 37.7 Å². The second kappa shape index (κ2) is 7.77. The Kier molecular flexibility index (Phi) is 4.96. The fraction of sp³-hybridized carbons (Fsp3) is 0.364. The van der Waals surface area contributed by atoms with Gasteiger partial charge in [-0.15, -0.1) is 0 Å². The van der Waals surface area contributed by atoms with Crippen LogP contribution < -0.4 is 14.8 Å². The van der Waals surface area contributed by atoms with Crippen molar-refractivity contribution in [3.63, 3.8) is 0 Å². The van der Waals surface area contributed by atoms with E-state index in [9.17, 15) is 5.11 Å². The van der Waals surface area contributed by atoms with Crippen molar-refractivity contribution in [1.29, 1.82) is 0 Å². The summed E-state index contributed by atoms with van der Waals surface area (Å²) in [7, 11) is 3.26. The van der Waals surface area contributed by atoms with Crippen molar-refractivity contribution in [2.24, 2.45) is 0 Å². The number of fused-ring (bicyclic) bond motifs is 2. The average molecular weight is 425 g/mol. The summed E-state index contributed by atoms with van der Waals surface area (Å²) in [6, 6.07) is 10.3. The summed E-state index contributed by atoms with van der Waals surface area (Å²) >= 11 is 1.63. The minimum atomic E-state index is -0.280. The normalized spacial score (nSPS) is 18.9. The number of hydrogen-bond donors (Lipinski definition) is 2. The number of ether oxygens (including phenoxy) is 2. The fourth-order valence-electron chi connectivity index (χ4n) is 4.10. The largest absolute Gasteiger partial charge is 0.493 e. The van der Waals surface area contributed by atoms with Crippen molar-refractivity contribution in [3.8, 4) is 11.5 Å². The molecular weight excluding hydrogens is 400 g/mol. The molecule has 1 aliphatic carbocycles. The first kappa shape index (κ1) is 19.1. The van der Waals surface area contributed by atoms with Crippen LogP contribution in [-0.4, -0.2) is 46.0 Å². The molecule has 7 nitrogen and oxygen atoms in total. The number of aliphatic hydroxyl groups excluding tert-OH is 1. The number of nitrogens with zero attached hydrogens (tertiary/aromatic N) is 3. The van der Waals surface area contributed by atoms with E-state index in [-0.39, 0.29) is 12.1 Å². The second-order valence-corrected chi connectivity index (χ2v) is 8.67. The summed E-state index contributed by atoms with van der Waals surface area (Å²) < 4.78 is 14.1. The number of aliphatic hydroxyl groups is 1. The predicted molar refractivity (Wildman–Crippen MR) is 119 cm³/mol. The van der Waals surface area contributed by atoms with Gasteiger partial charge >= 0.3 is 0 Å². The first-order chi connectivity index (χ1) is 14.6. The minimum Gasteiger partial charge on any atom is -0.493 e. The molecule has 2 heterocycles. The van der Waals surface area contributed by atoms with E-state index in [0.29, 0.717) is 18.0 Å².